The molecule has 2 heterocycles. The van der Waals surface area contributed by atoms with Crippen molar-refractivity contribution in [1.29, 1.82) is 0 Å². The SMILES string of the molecule is Cc1ccc(SNc2ccc3c(n2)N(C2CC2)C(C)C(=O)N3C)cc1. The second kappa shape index (κ2) is 6.26. The molecule has 1 aromatic carbocycles. The van der Waals surface area contributed by atoms with Gasteiger partial charge in [0.05, 0.1) is 5.69 Å². The summed E-state index contributed by atoms with van der Waals surface area (Å²) in [5.41, 5.74) is 2.14. The predicted molar refractivity (Wildman–Crippen MR) is 103 cm³/mol. The van der Waals surface area contributed by atoms with Crippen molar-refractivity contribution in [3.63, 3.8) is 0 Å². The number of benzene rings is 1. The molecule has 2 aromatic rings. The monoisotopic (exact) mass is 354 g/mol. The number of carbonyl (C=O) groups is 1. The Labute approximate surface area is 152 Å². The third-order valence-electron chi connectivity index (χ3n) is 4.80. The van der Waals surface area contributed by atoms with Crippen LogP contribution in [0.1, 0.15) is 25.3 Å². The number of pyridine rings is 1. The van der Waals surface area contributed by atoms with Crippen molar-refractivity contribution in [2.24, 2.45) is 0 Å². The molecule has 1 atom stereocenters. The number of hydrogen-bond donors (Lipinski definition) is 1. The lowest BCUT2D eigenvalue weighted by atomic mass is 10.1. The zero-order valence-electron chi connectivity index (χ0n) is 14.7. The third-order valence-corrected chi connectivity index (χ3v) is 5.62. The topological polar surface area (TPSA) is 48.5 Å². The third kappa shape index (κ3) is 3.06. The van der Waals surface area contributed by atoms with Crippen LogP contribution in [0, 0.1) is 6.92 Å². The summed E-state index contributed by atoms with van der Waals surface area (Å²) in [6, 6.07) is 12.6. The Bertz CT molecular complexity index is 804. The molecule has 2 aliphatic rings. The molecule has 130 valence electrons. The average molecular weight is 354 g/mol. The number of aryl methyl sites for hydroxylation is 1. The number of amides is 1. The number of rotatable bonds is 4. The van der Waals surface area contributed by atoms with E-state index in [1.165, 1.54) is 5.56 Å². The van der Waals surface area contributed by atoms with Crippen molar-refractivity contribution in [1.82, 2.24) is 4.98 Å². The number of nitrogens with one attached hydrogen (secondary N) is 1. The van der Waals surface area contributed by atoms with E-state index in [0.29, 0.717) is 6.04 Å². The fraction of sp³-hybridized carbons (Fsp3) is 0.368. The molecule has 25 heavy (non-hydrogen) atoms. The van der Waals surface area contributed by atoms with Crippen LogP contribution < -0.4 is 14.5 Å². The fourth-order valence-electron chi connectivity index (χ4n) is 3.21. The summed E-state index contributed by atoms with van der Waals surface area (Å²) in [7, 11) is 1.83. The lowest BCUT2D eigenvalue weighted by Crippen LogP contribution is -2.52. The average Bonchev–Trinajstić information content (AvgIpc) is 3.44. The number of carbonyl (C=O) groups excluding carboxylic acids is 1. The highest BCUT2D eigenvalue weighted by atomic mass is 32.2. The number of fused-ring (bicyclic) bond motifs is 1. The van der Waals surface area contributed by atoms with Gasteiger partial charge in [0.1, 0.15) is 11.9 Å². The summed E-state index contributed by atoms with van der Waals surface area (Å²) < 4.78 is 3.33. The maximum Gasteiger partial charge on any atom is 0.249 e. The van der Waals surface area contributed by atoms with Crippen LogP contribution in [-0.2, 0) is 4.79 Å². The first kappa shape index (κ1) is 16.3. The first-order valence-corrected chi connectivity index (χ1v) is 9.43. The number of aromatic nitrogens is 1. The molecule has 0 saturated heterocycles. The molecule has 1 N–H and O–H groups in total. The van der Waals surface area contributed by atoms with Crippen LogP contribution >= 0.6 is 11.9 Å². The van der Waals surface area contributed by atoms with E-state index in [9.17, 15) is 4.79 Å². The van der Waals surface area contributed by atoms with Gasteiger partial charge < -0.3 is 14.5 Å². The van der Waals surface area contributed by atoms with Gasteiger partial charge in [-0.1, -0.05) is 17.7 Å². The lowest BCUT2D eigenvalue weighted by molar-refractivity contribution is -0.119. The molecule has 1 aromatic heterocycles. The zero-order valence-corrected chi connectivity index (χ0v) is 15.5. The predicted octanol–water partition coefficient (Wildman–Crippen LogP) is 3.84. The molecule has 1 saturated carbocycles. The Morgan fingerprint density at radius 3 is 2.56 bits per heavy atom. The van der Waals surface area contributed by atoms with Crippen LogP contribution in [0.15, 0.2) is 41.3 Å². The largest absolute Gasteiger partial charge is 0.340 e. The van der Waals surface area contributed by atoms with Crippen LogP contribution in [0.5, 0.6) is 0 Å². The molecule has 4 rings (SSSR count). The molecule has 0 bridgehead atoms. The second-order valence-corrected chi connectivity index (χ2v) is 7.65. The molecule has 6 heteroatoms. The van der Waals surface area contributed by atoms with Gasteiger partial charge in [-0.15, -0.1) is 0 Å². The summed E-state index contributed by atoms with van der Waals surface area (Å²) in [6.45, 7) is 4.06. The van der Waals surface area contributed by atoms with Crippen molar-refractivity contribution >= 4 is 35.2 Å². The van der Waals surface area contributed by atoms with E-state index in [1.807, 2.05) is 26.1 Å². The van der Waals surface area contributed by atoms with Crippen LogP contribution in [0.2, 0.25) is 0 Å². The standard InChI is InChI=1S/C19H22N4OS/c1-12-4-8-15(9-5-12)25-21-17-11-10-16-18(20-17)23(14-6-7-14)13(2)19(24)22(16)3/h4-5,8-11,13-14H,6-7H2,1-3H3,(H,20,21). The minimum absolute atomic E-state index is 0.135. The van der Waals surface area contributed by atoms with Crippen LogP contribution in [-0.4, -0.2) is 30.0 Å². The second-order valence-electron chi connectivity index (χ2n) is 6.77. The highest BCUT2D eigenvalue weighted by Crippen LogP contribution is 2.41. The van der Waals surface area contributed by atoms with Gasteiger partial charge in [0.2, 0.25) is 5.91 Å². The van der Waals surface area contributed by atoms with Crippen molar-refractivity contribution in [3.05, 3.63) is 42.0 Å². The molecule has 1 unspecified atom stereocenters. The smallest absolute Gasteiger partial charge is 0.249 e. The normalized spacial score (nSPS) is 19.8. The quantitative estimate of drug-likeness (QED) is 0.845. The summed E-state index contributed by atoms with van der Waals surface area (Å²) >= 11 is 1.55. The highest BCUT2D eigenvalue weighted by molar-refractivity contribution is 8.00. The molecule has 0 radical (unpaired) electrons. The van der Waals surface area contributed by atoms with Crippen molar-refractivity contribution in [3.8, 4) is 0 Å². The number of nitrogens with zero attached hydrogens (tertiary/aromatic N) is 3. The molecule has 5 nitrogen and oxygen atoms in total. The highest BCUT2D eigenvalue weighted by Gasteiger charge is 2.42. The van der Waals surface area contributed by atoms with Crippen LogP contribution in [0.4, 0.5) is 17.3 Å². The Hall–Kier alpha value is -2.21. The van der Waals surface area contributed by atoms with E-state index in [-0.39, 0.29) is 11.9 Å². The van der Waals surface area contributed by atoms with Gasteiger partial charge in [-0.3, -0.25) is 4.79 Å². The molecule has 1 amide bonds. The van der Waals surface area contributed by atoms with E-state index < -0.39 is 0 Å². The van der Waals surface area contributed by atoms with E-state index in [2.05, 4.69) is 40.8 Å². The Balaban J connectivity index is 1.59. The zero-order chi connectivity index (χ0) is 17.6. The summed E-state index contributed by atoms with van der Waals surface area (Å²) in [4.78, 5) is 22.4. The number of hydrogen-bond acceptors (Lipinski definition) is 5. The fourth-order valence-corrected chi connectivity index (χ4v) is 3.82. The van der Waals surface area contributed by atoms with Crippen LogP contribution in [0.3, 0.4) is 0 Å². The molecular weight excluding hydrogens is 332 g/mol. The van der Waals surface area contributed by atoms with E-state index in [4.69, 9.17) is 4.98 Å². The summed E-state index contributed by atoms with van der Waals surface area (Å²) in [5.74, 6) is 1.85. The molecular formula is C19H22N4OS. The van der Waals surface area contributed by atoms with Gasteiger partial charge in [0.25, 0.3) is 0 Å². The van der Waals surface area contributed by atoms with Gasteiger partial charge in [-0.05, 0) is 62.9 Å². The Kier molecular flexibility index (Phi) is 4.07. The minimum Gasteiger partial charge on any atom is -0.340 e. The Morgan fingerprint density at radius 2 is 1.88 bits per heavy atom. The van der Waals surface area contributed by atoms with Crippen molar-refractivity contribution in [2.75, 3.05) is 21.6 Å². The first-order chi connectivity index (χ1) is 12.0. The maximum atomic E-state index is 12.5. The lowest BCUT2D eigenvalue weighted by Gasteiger charge is -2.39. The summed E-state index contributed by atoms with van der Waals surface area (Å²) in [5, 5.41) is 0. The Morgan fingerprint density at radius 1 is 1.16 bits per heavy atom. The number of likely N-dealkylation sites (N-methyl/N-ethyl adjacent to an activating group) is 1. The van der Waals surface area contributed by atoms with E-state index >= 15 is 0 Å². The molecule has 1 fully saturated rings. The number of anilines is 3. The summed E-state index contributed by atoms with van der Waals surface area (Å²) in [6.07, 6.45) is 2.27. The minimum atomic E-state index is -0.155. The molecule has 1 aliphatic carbocycles. The maximum absolute atomic E-state index is 12.5. The van der Waals surface area contributed by atoms with Gasteiger partial charge in [0, 0.05) is 18.0 Å². The van der Waals surface area contributed by atoms with E-state index in [1.54, 1.807) is 16.8 Å². The van der Waals surface area contributed by atoms with Gasteiger partial charge in [0.15, 0.2) is 5.82 Å². The van der Waals surface area contributed by atoms with Crippen molar-refractivity contribution < 1.29 is 4.79 Å². The van der Waals surface area contributed by atoms with Gasteiger partial charge in [-0.25, -0.2) is 4.98 Å². The van der Waals surface area contributed by atoms with Gasteiger partial charge in [-0.2, -0.15) is 0 Å². The van der Waals surface area contributed by atoms with E-state index in [0.717, 1.165) is 35.1 Å². The molecule has 0 spiro atoms. The first-order valence-electron chi connectivity index (χ1n) is 8.61. The molecule has 1 aliphatic heterocycles. The van der Waals surface area contributed by atoms with Gasteiger partial charge >= 0.3 is 0 Å². The van der Waals surface area contributed by atoms with Crippen molar-refractivity contribution in [2.45, 2.75) is 43.7 Å². The van der Waals surface area contributed by atoms with Crippen LogP contribution in [0.25, 0.3) is 0 Å².